The molecular formula is C22H29NO2S. The monoisotopic (exact) mass is 371 g/mol. The van der Waals surface area contributed by atoms with Gasteiger partial charge in [0.1, 0.15) is 0 Å². The Balaban J connectivity index is 1.24. The van der Waals surface area contributed by atoms with E-state index in [1.165, 1.54) is 50.3 Å². The Labute approximate surface area is 160 Å². The summed E-state index contributed by atoms with van der Waals surface area (Å²) in [7, 11) is 0. The molecule has 1 aromatic rings. The van der Waals surface area contributed by atoms with Crippen LogP contribution in [-0.2, 0) is 4.79 Å². The maximum Gasteiger partial charge on any atom is 0.232 e. The molecule has 1 aliphatic heterocycles. The minimum absolute atomic E-state index is 0.114. The van der Waals surface area contributed by atoms with Crippen LogP contribution in [0.5, 0.6) is 0 Å². The van der Waals surface area contributed by atoms with Crippen molar-refractivity contribution in [3.63, 3.8) is 0 Å². The number of benzene rings is 1. The van der Waals surface area contributed by atoms with Gasteiger partial charge in [-0.05, 0) is 56.3 Å². The van der Waals surface area contributed by atoms with Gasteiger partial charge in [-0.1, -0.05) is 36.8 Å². The molecule has 140 valence electrons. The smallest absolute Gasteiger partial charge is 0.232 e. The second-order valence-corrected chi connectivity index (χ2v) is 9.32. The average molecular weight is 372 g/mol. The molecule has 0 radical (unpaired) electrons. The van der Waals surface area contributed by atoms with Crippen LogP contribution in [-0.4, -0.2) is 40.7 Å². The second kappa shape index (κ2) is 8.16. The quantitative estimate of drug-likeness (QED) is 0.666. The molecule has 4 unspecified atom stereocenters. The topological polar surface area (TPSA) is 37.4 Å². The zero-order valence-electron chi connectivity index (χ0n) is 15.4. The number of carbonyl (C=O) groups is 2. The van der Waals surface area contributed by atoms with E-state index in [1.807, 2.05) is 30.3 Å². The van der Waals surface area contributed by atoms with E-state index in [1.54, 1.807) is 0 Å². The molecule has 2 saturated carbocycles. The summed E-state index contributed by atoms with van der Waals surface area (Å²) in [5.74, 6) is 3.96. The number of nitrogens with zero attached hydrogens (tertiary/aromatic N) is 1. The van der Waals surface area contributed by atoms with Crippen molar-refractivity contribution in [3.05, 3.63) is 35.9 Å². The van der Waals surface area contributed by atoms with E-state index in [-0.39, 0.29) is 11.7 Å². The fourth-order valence-electron chi connectivity index (χ4n) is 5.45. The first-order chi connectivity index (χ1) is 12.7. The SMILES string of the molecule is O=C(CSCC(=O)N1CCCC1CC1CC2CCC1C2)c1ccccc1. The molecule has 0 spiro atoms. The number of hydrogen-bond acceptors (Lipinski definition) is 3. The number of amides is 1. The molecule has 3 aliphatic rings. The van der Waals surface area contributed by atoms with E-state index >= 15 is 0 Å². The van der Waals surface area contributed by atoms with Crippen LogP contribution in [0, 0.1) is 17.8 Å². The average Bonchev–Trinajstić information content (AvgIpc) is 3.39. The highest BCUT2D eigenvalue weighted by atomic mass is 32.2. The highest BCUT2D eigenvalue weighted by Gasteiger charge is 2.41. The minimum Gasteiger partial charge on any atom is -0.339 e. The lowest BCUT2D eigenvalue weighted by atomic mass is 9.84. The van der Waals surface area contributed by atoms with Gasteiger partial charge in [0.05, 0.1) is 11.5 Å². The first kappa shape index (κ1) is 18.1. The molecule has 1 saturated heterocycles. The molecule has 3 nitrogen and oxygen atoms in total. The van der Waals surface area contributed by atoms with Crippen LogP contribution < -0.4 is 0 Å². The lowest BCUT2D eigenvalue weighted by Gasteiger charge is -2.30. The van der Waals surface area contributed by atoms with Crippen LogP contribution in [0.3, 0.4) is 0 Å². The molecular weight excluding hydrogens is 342 g/mol. The van der Waals surface area contributed by atoms with Gasteiger partial charge in [0.25, 0.3) is 0 Å². The number of rotatable bonds is 7. The van der Waals surface area contributed by atoms with Crippen LogP contribution in [0.1, 0.15) is 55.3 Å². The molecule has 1 amide bonds. The van der Waals surface area contributed by atoms with Crippen molar-refractivity contribution in [2.75, 3.05) is 18.1 Å². The van der Waals surface area contributed by atoms with Gasteiger partial charge in [0, 0.05) is 18.2 Å². The summed E-state index contributed by atoms with van der Waals surface area (Å²) in [6, 6.07) is 9.82. The van der Waals surface area contributed by atoms with Crippen LogP contribution >= 0.6 is 11.8 Å². The Morgan fingerprint density at radius 2 is 1.88 bits per heavy atom. The number of likely N-dealkylation sites (tertiary alicyclic amines) is 1. The van der Waals surface area contributed by atoms with Gasteiger partial charge in [-0.15, -0.1) is 11.8 Å². The van der Waals surface area contributed by atoms with E-state index in [0.717, 1.165) is 36.3 Å². The van der Waals surface area contributed by atoms with Crippen molar-refractivity contribution in [1.29, 1.82) is 0 Å². The van der Waals surface area contributed by atoms with Crippen molar-refractivity contribution in [2.24, 2.45) is 17.8 Å². The molecule has 0 aromatic heterocycles. The normalized spacial score (nSPS) is 30.1. The number of ketones is 1. The summed E-state index contributed by atoms with van der Waals surface area (Å²) in [6.45, 7) is 0.914. The van der Waals surface area contributed by atoms with E-state index in [2.05, 4.69) is 4.90 Å². The summed E-state index contributed by atoms with van der Waals surface area (Å²) < 4.78 is 0. The summed E-state index contributed by atoms with van der Waals surface area (Å²) in [4.78, 5) is 27.0. The molecule has 1 aromatic carbocycles. The Morgan fingerprint density at radius 3 is 2.62 bits per heavy atom. The molecule has 2 bridgehead atoms. The summed E-state index contributed by atoms with van der Waals surface area (Å²) in [5.41, 5.74) is 0.739. The fourth-order valence-corrected chi connectivity index (χ4v) is 6.24. The van der Waals surface area contributed by atoms with Crippen LogP contribution in [0.2, 0.25) is 0 Å². The number of fused-ring (bicyclic) bond motifs is 2. The molecule has 1 heterocycles. The second-order valence-electron chi connectivity index (χ2n) is 8.34. The minimum atomic E-state index is 0.114. The molecule has 4 rings (SSSR count). The van der Waals surface area contributed by atoms with Crippen molar-refractivity contribution < 1.29 is 9.59 Å². The van der Waals surface area contributed by atoms with Gasteiger partial charge < -0.3 is 4.90 Å². The molecule has 4 heteroatoms. The van der Waals surface area contributed by atoms with Gasteiger partial charge in [-0.2, -0.15) is 0 Å². The highest BCUT2D eigenvalue weighted by molar-refractivity contribution is 8.00. The third-order valence-corrected chi connectivity index (χ3v) is 7.63. The third kappa shape index (κ3) is 4.00. The zero-order valence-corrected chi connectivity index (χ0v) is 16.3. The van der Waals surface area contributed by atoms with Crippen molar-refractivity contribution >= 4 is 23.5 Å². The number of carbonyl (C=O) groups excluding carboxylic acids is 2. The van der Waals surface area contributed by atoms with E-state index in [0.29, 0.717) is 17.5 Å². The predicted molar refractivity (Wildman–Crippen MR) is 106 cm³/mol. The Hall–Kier alpha value is -1.29. The van der Waals surface area contributed by atoms with Crippen LogP contribution in [0.25, 0.3) is 0 Å². The Morgan fingerprint density at radius 1 is 1.04 bits per heavy atom. The van der Waals surface area contributed by atoms with E-state index in [9.17, 15) is 9.59 Å². The van der Waals surface area contributed by atoms with Crippen LogP contribution in [0.4, 0.5) is 0 Å². The summed E-state index contributed by atoms with van der Waals surface area (Å²) >= 11 is 1.47. The maximum atomic E-state index is 12.7. The molecule has 2 aliphatic carbocycles. The number of thioether (sulfide) groups is 1. The summed E-state index contributed by atoms with van der Waals surface area (Å²) in [6.07, 6.45) is 9.26. The molecule has 3 fully saturated rings. The van der Waals surface area contributed by atoms with Gasteiger partial charge in [0.2, 0.25) is 5.91 Å². The zero-order chi connectivity index (χ0) is 17.9. The van der Waals surface area contributed by atoms with Crippen molar-refractivity contribution in [1.82, 2.24) is 4.90 Å². The lowest BCUT2D eigenvalue weighted by Crippen LogP contribution is -2.38. The van der Waals surface area contributed by atoms with Crippen molar-refractivity contribution in [2.45, 2.75) is 51.0 Å². The lowest BCUT2D eigenvalue weighted by molar-refractivity contribution is -0.129. The van der Waals surface area contributed by atoms with Crippen molar-refractivity contribution in [3.8, 4) is 0 Å². The van der Waals surface area contributed by atoms with E-state index < -0.39 is 0 Å². The Bertz CT molecular complexity index is 647. The largest absolute Gasteiger partial charge is 0.339 e. The molecule has 0 N–H and O–H groups in total. The van der Waals surface area contributed by atoms with Gasteiger partial charge in [-0.3, -0.25) is 9.59 Å². The molecule has 26 heavy (non-hydrogen) atoms. The van der Waals surface area contributed by atoms with Gasteiger partial charge in [-0.25, -0.2) is 0 Å². The maximum absolute atomic E-state index is 12.7. The highest BCUT2D eigenvalue weighted by Crippen LogP contribution is 2.50. The summed E-state index contributed by atoms with van der Waals surface area (Å²) in [5, 5.41) is 0. The predicted octanol–water partition coefficient (Wildman–Crippen LogP) is 4.42. The fraction of sp³-hybridized carbons (Fsp3) is 0.636. The third-order valence-electron chi connectivity index (χ3n) is 6.71. The first-order valence-corrected chi connectivity index (χ1v) is 11.3. The van der Waals surface area contributed by atoms with Crippen LogP contribution in [0.15, 0.2) is 30.3 Å². The first-order valence-electron chi connectivity index (χ1n) is 10.2. The Kier molecular flexibility index (Phi) is 5.68. The standard InChI is InChI=1S/C22H29NO2S/c24-21(17-5-2-1-3-6-17)14-26-15-22(25)23-10-4-7-20(23)13-19-12-16-8-9-18(19)11-16/h1-3,5-6,16,18-20H,4,7-15H2. The number of hydrogen-bond donors (Lipinski definition) is 0. The van der Waals surface area contributed by atoms with Gasteiger partial charge >= 0.3 is 0 Å². The molecule has 4 atom stereocenters. The number of Topliss-reactive ketones (excluding diaryl/α,β-unsaturated/α-hetero) is 1. The van der Waals surface area contributed by atoms with E-state index in [4.69, 9.17) is 0 Å². The van der Waals surface area contributed by atoms with Gasteiger partial charge in [0.15, 0.2) is 5.78 Å².